The Morgan fingerprint density at radius 3 is 2.54 bits per heavy atom. The fourth-order valence-corrected chi connectivity index (χ4v) is 3.04. The molecule has 0 radical (unpaired) electrons. The topological polar surface area (TPSA) is 60.5 Å². The van der Waals surface area contributed by atoms with Gasteiger partial charge in [-0.1, -0.05) is 45.0 Å². The molecule has 0 spiro atoms. The van der Waals surface area contributed by atoms with Crippen LogP contribution in [0.3, 0.4) is 0 Å². The molecule has 1 heterocycles. The average molecular weight is 377 g/mol. The van der Waals surface area contributed by atoms with Crippen molar-refractivity contribution < 1.29 is 14.3 Å². The van der Waals surface area contributed by atoms with E-state index < -0.39 is 6.10 Å². The Morgan fingerprint density at radius 2 is 1.92 bits per heavy atom. The van der Waals surface area contributed by atoms with Crippen LogP contribution >= 0.6 is 11.3 Å². The lowest BCUT2D eigenvalue weighted by molar-refractivity contribution is -0.127. The van der Waals surface area contributed by atoms with Gasteiger partial charge in [0.15, 0.2) is 5.13 Å². The van der Waals surface area contributed by atoms with E-state index in [0.717, 1.165) is 11.3 Å². The number of carbonyl (C=O) groups is 1. The molecule has 0 bridgehead atoms. The first-order chi connectivity index (χ1) is 12.3. The normalized spacial score (nSPS) is 12.8. The Labute approximate surface area is 159 Å². The monoisotopic (exact) mass is 376 g/mol. The van der Waals surface area contributed by atoms with Gasteiger partial charge < -0.3 is 9.47 Å². The van der Waals surface area contributed by atoms with Gasteiger partial charge in [-0.25, -0.2) is 4.98 Å². The van der Waals surface area contributed by atoms with E-state index in [1.807, 2.05) is 12.3 Å². The Kier molecular flexibility index (Phi) is 7.32. The Hall–Kier alpha value is -1.76. The van der Waals surface area contributed by atoms with Crippen molar-refractivity contribution >= 4 is 22.4 Å². The number of nitrogens with one attached hydrogen (secondary N) is 1. The van der Waals surface area contributed by atoms with E-state index in [1.54, 1.807) is 6.92 Å². The summed E-state index contributed by atoms with van der Waals surface area (Å²) < 4.78 is 10.7. The summed E-state index contributed by atoms with van der Waals surface area (Å²) in [5, 5.41) is 5.33. The largest absolute Gasteiger partial charge is 0.379 e. The van der Waals surface area contributed by atoms with Crippen LogP contribution in [0.5, 0.6) is 0 Å². The second-order valence-corrected chi connectivity index (χ2v) is 7.92. The number of carbonyl (C=O) groups excluding carboxylic acids is 1. The van der Waals surface area contributed by atoms with E-state index in [1.165, 1.54) is 16.9 Å². The smallest absolute Gasteiger partial charge is 0.254 e. The van der Waals surface area contributed by atoms with Crippen molar-refractivity contribution in [2.75, 3.05) is 25.1 Å². The standard InChI is InChI=1S/C20H28N2O3S/c1-6-24-11-12-25-14(2)18(23)22-19-21-17(13-26-19)15-7-9-16(10-8-15)20(3,4)5/h7-10,13-14H,6,11-12H2,1-5H3,(H,21,22,23). The van der Waals surface area contributed by atoms with Crippen LogP contribution in [0.4, 0.5) is 5.13 Å². The third-order valence-electron chi connectivity index (χ3n) is 3.95. The Morgan fingerprint density at radius 1 is 1.23 bits per heavy atom. The fraction of sp³-hybridized carbons (Fsp3) is 0.500. The first-order valence-corrected chi connectivity index (χ1v) is 9.76. The molecule has 0 aliphatic carbocycles. The maximum Gasteiger partial charge on any atom is 0.254 e. The van der Waals surface area contributed by atoms with E-state index in [4.69, 9.17) is 9.47 Å². The number of nitrogens with zero attached hydrogens (tertiary/aromatic N) is 1. The number of rotatable bonds is 8. The van der Waals surface area contributed by atoms with Gasteiger partial charge in [0.2, 0.25) is 0 Å². The predicted molar refractivity (Wildman–Crippen MR) is 107 cm³/mol. The molecule has 1 amide bonds. The molecule has 142 valence electrons. The lowest BCUT2D eigenvalue weighted by Crippen LogP contribution is -2.28. The van der Waals surface area contributed by atoms with Crippen molar-refractivity contribution in [2.45, 2.75) is 46.1 Å². The number of anilines is 1. The van der Waals surface area contributed by atoms with Crippen molar-refractivity contribution in [3.63, 3.8) is 0 Å². The zero-order valence-electron chi connectivity index (χ0n) is 16.2. The van der Waals surface area contributed by atoms with Gasteiger partial charge in [0.1, 0.15) is 6.10 Å². The highest BCUT2D eigenvalue weighted by Gasteiger charge is 2.16. The highest BCUT2D eigenvalue weighted by molar-refractivity contribution is 7.14. The second-order valence-electron chi connectivity index (χ2n) is 7.06. The van der Waals surface area contributed by atoms with Crippen molar-refractivity contribution in [2.24, 2.45) is 0 Å². The summed E-state index contributed by atoms with van der Waals surface area (Å²) >= 11 is 1.41. The van der Waals surface area contributed by atoms with E-state index >= 15 is 0 Å². The molecule has 1 unspecified atom stereocenters. The van der Waals surface area contributed by atoms with Crippen molar-refractivity contribution in [3.05, 3.63) is 35.2 Å². The molecule has 0 aliphatic rings. The SMILES string of the molecule is CCOCCOC(C)C(=O)Nc1nc(-c2ccc(C(C)(C)C)cc2)cs1. The molecule has 2 aromatic rings. The van der Waals surface area contributed by atoms with Crippen LogP contribution in [0.25, 0.3) is 11.3 Å². The summed E-state index contributed by atoms with van der Waals surface area (Å²) in [7, 11) is 0. The zero-order chi connectivity index (χ0) is 19.2. The van der Waals surface area contributed by atoms with Crippen LogP contribution in [-0.2, 0) is 19.7 Å². The van der Waals surface area contributed by atoms with Crippen LogP contribution in [0.15, 0.2) is 29.6 Å². The van der Waals surface area contributed by atoms with Gasteiger partial charge in [0.25, 0.3) is 5.91 Å². The average Bonchev–Trinajstić information content (AvgIpc) is 3.06. The number of amides is 1. The summed E-state index contributed by atoms with van der Waals surface area (Å²) in [6.07, 6.45) is -0.547. The van der Waals surface area contributed by atoms with Crippen LogP contribution in [0, 0.1) is 0 Å². The third-order valence-corrected chi connectivity index (χ3v) is 4.71. The van der Waals surface area contributed by atoms with Gasteiger partial charge in [-0.3, -0.25) is 10.1 Å². The zero-order valence-corrected chi connectivity index (χ0v) is 17.0. The van der Waals surface area contributed by atoms with E-state index in [9.17, 15) is 4.79 Å². The molecular weight excluding hydrogens is 348 g/mol. The van der Waals surface area contributed by atoms with Crippen molar-refractivity contribution in [1.29, 1.82) is 0 Å². The fourth-order valence-electron chi connectivity index (χ4n) is 2.32. The van der Waals surface area contributed by atoms with Crippen LogP contribution in [0.2, 0.25) is 0 Å². The third kappa shape index (κ3) is 5.90. The summed E-state index contributed by atoms with van der Waals surface area (Å²) in [5.74, 6) is -0.203. The molecule has 1 atom stereocenters. The molecular formula is C20H28N2O3S. The Balaban J connectivity index is 1.94. The number of benzene rings is 1. The predicted octanol–water partition coefficient (Wildman–Crippen LogP) is 4.49. The number of ether oxygens (including phenoxy) is 2. The summed E-state index contributed by atoms with van der Waals surface area (Å²) in [6, 6.07) is 8.39. The highest BCUT2D eigenvalue weighted by atomic mass is 32.1. The van der Waals surface area contributed by atoms with Gasteiger partial charge >= 0.3 is 0 Å². The molecule has 6 heteroatoms. The number of aromatic nitrogens is 1. The quantitative estimate of drug-likeness (QED) is 0.690. The molecule has 26 heavy (non-hydrogen) atoms. The molecule has 0 saturated heterocycles. The molecule has 1 aromatic carbocycles. The van der Waals surface area contributed by atoms with E-state index in [-0.39, 0.29) is 11.3 Å². The maximum atomic E-state index is 12.2. The number of hydrogen-bond donors (Lipinski definition) is 1. The van der Waals surface area contributed by atoms with Crippen molar-refractivity contribution in [1.82, 2.24) is 4.98 Å². The molecule has 5 nitrogen and oxygen atoms in total. The first-order valence-electron chi connectivity index (χ1n) is 8.88. The summed E-state index contributed by atoms with van der Waals surface area (Å²) in [4.78, 5) is 16.7. The van der Waals surface area contributed by atoms with Crippen LogP contribution in [-0.4, -0.2) is 36.8 Å². The lowest BCUT2D eigenvalue weighted by Gasteiger charge is -2.18. The number of hydrogen-bond acceptors (Lipinski definition) is 5. The lowest BCUT2D eigenvalue weighted by atomic mass is 9.86. The highest BCUT2D eigenvalue weighted by Crippen LogP contribution is 2.28. The molecule has 0 saturated carbocycles. The molecule has 1 N–H and O–H groups in total. The second kappa shape index (κ2) is 9.26. The molecule has 2 rings (SSSR count). The Bertz CT molecular complexity index is 705. The van der Waals surface area contributed by atoms with Gasteiger partial charge in [-0.2, -0.15) is 0 Å². The van der Waals surface area contributed by atoms with Crippen molar-refractivity contribution in [3.8, 4) is 11.3 Å². The van der Waals surface area contributed by atoms with Gasteiger partial charge in [0.05, 0.1) is 18.9 Å². The summed E-state index contributed by atoms with van der Waals surface area (Å²) in [6.45, 7) is 11.7. The van der Waals surface area contributed by atoms with Crippen LogP contribution in [0.1, 0.15) is 40.2 Å². The minimum absolute atomic E-state index is 0.123. The molecule has 0 aliphatic heterocycles. The number of thiazole rings is 1. The molecule has 0 fully saturated rings. The first kappa shape index (κ1) is 20.6. The van der Waals surface area contributed by atoms with Crippen LogP contribution < -0.4 is 5.32 Å². The van der Waals surface area contributed by atoms with E-state index in [0.29, 0.717) is 25.0 Å². The van der Waals surface area contributed by atoms with E-state index in [2.05, 4.69) is 55.3 Å². The minimum Gasteiger partial charge on any atom is -0.379 e. The minimum atomic E-state index is -0.547. The molecule has 1 aromatic heterocycles. The van der Waals surface area contributed by atoms with Gasteiger partial charge in [0, 0.05) is 17.6 Å². The van der Waals surface area contributed by atoms with Gasteiger partial charge in [-0.15, -0.1) is 11.3 Å². The summed E-state index contributed by atoms with van der Waals surface area (Å²) in [5.41, 5.74) is 3.30. The maximum absolute atomic E-state index is 12.2. The van der Waals surface area contributed by atoms with Gasteiger partial charge in [-0.05, 0) is 24.8 Å².